The zero-order chi connectivity index (χ0) is 26.4. The highest BCUT2D eigenvalue weighted by Crippen LogP contribution is 2.08. The molecule has 14 heteroatoms. The van der Waals surface area contributed by atoms with Gasteiger partial charge in [0.2, 0.25) is 23.6 Å². The third kappa shape index (κ3) is 13.2. The fourth-order valence-corrected chi connectivity index (χ4v) is 2.87. The monoisotopic (exact) mass is 486 g/mol. The van der Waals surface area contributed by atoms with Crippen LogP contribution < -0.4 is 38.9 Å². The molecule has 0 heterocycles. The van der Waals surface area contributed by atoms with Crippen molar-refractivity contribution in [3.05, 3.63) is 0 Å². The van der Waals surface area contributed by atoms with Crippen molar-refractivity contribution >= 4 is 35.6 Å². The Morgan fingerprint density at radius 3 is 1.76 bits per heavy atom. The minimum absolute atomic E-state index is 0.0112. The lowest BCUT2D eigenvalue weighted by Gasteiger charge is -2.25. The average molecular weight is 487 g/mol. The van der Waals surface area contributed by atoms with Gasteiger partial charge in [0.25, 0.3) is 0 Å². The van der Waals surface area contributed by atoms with Crippen molar-refractivity contribution in [1.82, 2.24) is 16.0 Å². The van der Waals surface area contributed by atoms with Crippen LogP contribution >= 0.6 is 0 Å². The Balaban J connectivity index is 5.59. The first kappa shape index (κ1) is 30.6. The largest absolute Gasteiger partial charge is 0.480 e. The number of carbonyl (C=O) groups is 5. The Labute approximate surface area is 198 Å². The van der Waals surface area contributed by atoms with Crippen LogP contribution in [-0.2, 0) is 24.0 Å². The first-order valence-corrected chi connectivity index (χ1v) is 11.0. The molecule has 4 atom stereocenters. The fraction of sp³-hybridized carbons (Fsp3) is 0.700. The summed E-state index contributed by atoms with van der Waals surface area (Å²) in [5.74, 6) is -4.16. The second-order valence-corrected chi connectivity index (χ2v) is 8.39. The van der Waals surface area contributed by atoms with E-state index in [4.69, 9.17) is 22.9 Å². The van der Waals surface area contributed by atoms with Crippen molar-refractivity contribution in [3.63, 3.8) is 0 Å². The number of hydrogen-bond acceptors (Lipinski definition) is 7. The van der Waals surface area contributed by atoms with Crippen LogP contribution in [0.4, 0.5) is 0 Å². The predicted molar refractivity (Wildman–Crippen MR) is 125 cm³/mol. The highest BCUT2D eigenvalue weighted by molar-refractivity contribution is 5.94. The van der Waals surface area contributed by atoms with Crippen molar-refractivity contribution in [2.45, 2.75) is 77.0 Å². The van der Waals surface area contributed by atoms with Crippen LogP contribution in [0.1, 0.15) is 52.9 Å². The lowest BCUT2D eigenvalue weighted by Crippen LogP contribution is -2.57. The topological polar surface area (TPSA) is 258 Å². The van der Waals surface area contributed by atoms with E-state index in [-0.39, 0.29) is 50.5 Å². The van der Waals surface area contributed by atoms with Gasteiger partial charge in [0.15, 0.2) is 5.96 Å². The minimum atomic E-state index is -1.21. The molecule has 0 bridgehead atoms. The van der Waals surface area contributed by atoms with Crippen molar-refractivity contribution in [2.24, 2.45) is 33.8 Å². The van der Waals surface area contributed by atoms with Crippen LogP contribution in [0.25, 0.3) is 0 Å². The number of rotatable bonds is 16. The van der Waals surface area contributed by atoms with Gasteiger partial charge in [0, 0.05) is 13.0 Å². The molecule has 0 rings (SSSR count). The second-order valence-electron chi connectivity index (χ2n) is 8.39. The SMILES string of the molecule is CC(C)CC(NC(=O)C(CCCN=C(N)N)NC(=O)C(CCC(N)=O)NC(=O)C(C)N)C(=O)O. The molecular formula is C20H38N8O6. The van der Waals surface area contributed by atoms with Gasteiger partial charge in [-0.15, -0.1) is 0 Å². The van der Waals surface area contributed by atoms with E-state index >= 15 is 0 Å². The molecule has 0 aromatic heterocycles. The van der Waals surface area contributed by atoms with Gasteiger partial charge in [-0.3, -0.25) is 24.2 Å². The molecule has 0 aromatic carbocycles. The molecule has 0 aliphatic carbocycles. The summed E-state index contributed by atoms with van der Waals surface area (Å²) in [6.07, 6.45) is 0.227. The van der Waals surface area contributed by atoms with E-state index in [0.717, 1.165) is 0 Å². The maximum absolute atomic E-state index is 12.9. The molecule has 4 amide bonds. The van der Waals surface area contributed by atoms with E-state index in [1.807, 2.05) is 0 Å². The molecule has 194 valence electrons. The molecule has 0 aliphatic rings. The Bertz CT molecular complexity index is 751. The third-order valence-electron chi connectivity index (χ3n) is 4.63. The number of primary amides is 1. The highest BCUT2D eigenvalue weighted by Gasteiger charge is 2.30. The number of carboxylic acids is 1. The van der Waals surface area contributed by atoms with Crippen LogP contribution in [-0.4, -0.2) is 71.4 Å². The summed E-state index contributed by atoms with van der Waals surface area (Å²) in [6.45, 7) is 5.20. The third-order valence-corrected chi connectivity index (χ3v) is 4.63. The lowest BCUT2D eigenvalue weighted by atomic mass is 10.0. The Kier molecular flexibility index (Phi) is 13.9. The number of aliphatic imine (C=N–C) groups is 1. The molecule has 12 N–H and O–H groups in total. The molecule has 34 heavy (non-hydrogen) atoms. The van der Waals surface area contributed by atoms with Gasteiger partial charge in [0.1, 0.15) is 18.1 Å². The maximum atomic E-state index is 12.9. The Morgan fingerprint density at radius 1 is 0.824 bits per heavy atom. The molecule has 14 nitrogen and oxygen atoms in total. The van der Waals surface area contributed by atoms with E-state index in [0.29, 0.717) is 0 Å². The predicted octanol–water partition coefficient (Wildman–Crippen LogP) is -2.76. The van der Waals surface area contributed by atoms with Gasteiger partial charge in [-0.25, -0.2) is 4.79 Å². The van der Waals surface area contributed by atoms with E-state index < -0.39 is 53.8 Å². The Morgan fingerprint density at radius 2 is 1.32 bits per heavy atom. The number of guanidine groups is 1. The highest BCUT2D eigenvalue weighted by atomic mass is 16.4. The van der Waals surface area contributed by atoms with Crippen LogP contribution in [0.15, 0.2) is 4.99 Å². The standard InChI is InChI=1S/C20H38N8O6/c1-10(2)9-14(19(33)34)28-17(31)12(5-4-8-25-20(23)24)27-18(32)13(6-7-15(22)29)26-16(30)11(3)21/h10-14H,4-9,21H2,1-3H3,(H2,22,29)(H,26,30)(H,27,32)(H,28,31)(H,33,34)(H4,23,24,25). The molecule has 0 fully saturated rings. The van der Waals surface area contributed by atoms with Crippen LogP contribution in [0.2, 0.25) is 0 Å². The van der Waals surface area contributed by atoms with Gasteiger partial charge >= 0.3 is 5.97 Å². The van der Waals surface area contributed by atoms with Gasteiger partial charge < -0.3 is 44.0 Å². The van der Waals surface area contributed by atoms with Gasteiger partial charge in [0.05, 0.1) is 6.04 Å². The van der Waals surface area contributed by atoms with Crippen molar-refractivity contribution < 1.29 is 29.1 Å². The second kappa shape index (κ2) is 15.4. The summed E-state index contributed by atoms with van der Waals surface area (Å²) in [4.78, 5) is 64.3. The summed E-state index contributed by atoms with van der Waals surface area (Å²) in [7, 11) is 0. The molecular weight excluding hydrogens is 448 g/mol. The zero-order valence-corrected chi connectivity index (χ0v) is 19.9. The van der Waals surface area contributed by atoms with E-state index in [1.165, 1.54) is 6.92 Å². The number of nitrogens with zero attached hydrogens (tertiary/aromatic N) is 1. The van der Waals surface area contributed by atoms with Crippen molar-refractivity contribution in [3.8, 4) is 0 Å². The van der Waals surface area contributed by atoms with Crippen LogP contribution in [0.5, 0.6) is 0 Å². The number of nitrogens with one attached hydrogen (secondary N) is 3. The van der Waals surface area contributed by atoms with E-state index in [9.17, 15) is 29.1 Å². The summed E-state index contributed by atoms with van der Waals surface area (Å²) in [6, 6.07) is -4.42. The van der Waals surface area contributed by atoms with Crippen molar-refractivity contribution in [1.29, 1.82) is 0 Å². The van der Waals surface area contributed by atoms with Crippen LogP contribution in [0.3, 0.4) is 0 Å². The zero-order valence-electron chi connectivity index (χ0n) is 19.9. The molecule has 0 radical (unpaired) electrons. The summed E-state index contributed by atoms with van der Waals surface area (Å²) in [5.41, 5.74) is 21.3. The Hall–Kier alpha value is -3.42. The maximum Gasteiger partial charge on any atom is 0.326 e. The average Bonchev–Trinajstić information content (AvgIpc) is 2.71. The van der Waals surface area contributed by atoms with Gasteiger partial charge in [-0.1, -0.05) is 13.8 Å². The molecule has 0 aromatic rings. The summed E-state index contributed by atoms with van der Waals surface area (Å²) < 4.78 is 0. The van der Waals surface area contributed by atoms with Crippen molar-refractivity contribution in [2.75, 3.05) is 6.54 Å². The number of aliphatic carboxylic acids is 1. The number of amides is 4. The molecule has 0 saturated carbocycles. The number of carboxylic acid groups (broad SMARTS) is 1. The van der Waals surface area contributed by atoms with E-state index in [2.05, 4.69) is 20.9 Å². The number of carbonyl (C=O) groups excluding carboxylic acids is 4. The van der Waals surface area contributed by atoms with Gasteiger partial charge in [-0.2, -0.15) is 0 Å². The van der Waals surface area contributed by atoms with Crippen LogP contribution in [0, 0.1) is 5.92 Å². The quantitative estimate of drug-likeness (QED) is 0.0637. The molecule has 4 unspecified atom stereocenters. The number of hydrogen-bond donors (Lipinski definition) is 8. The smallest absolute Gasteiger partial charge is 0.326 e. The lowest BCUT2D eigenvalue weighted by molar-refractivity contribution is -0.142. The molecule has 0 spiro atoms. The van der Waals surface area contributed by atoms with E-state index in [1.54, 1.807) is 13.8 Å². The summed E-state index contributed by atoms with van der Waals surface area (Å²) in [5, 5.41) is 16.8. The fourth-order valence-electron chi connectivity index (χ4n) is 2.87. The summed E-state index contributed by atoms with van der Waals surface area (Å²) >= 11 is 0. The van der Waals surface area contributed by atoms with Gasteiger partial charge in [-0.05, 0) is 38.5 Å². The molecule has 0 aliphatic heterocycles. The number of nitrogens with two attached hydrogens (primary N) is 4. The minimum Gasteiger partial charge on any atom is -0.480 e. The first-order valence-electron chi connectivity index (χ1n) is 11.0. The first-order chi connectivity index (χ1) is 15.7. The normalized spacial score (nSPS) is 14.3. The molecule has 0 saturated heterocycles.